The number of aromatic nitrogens is 3. The molecule has 0 bridgehead atoms. The maximum Gasteiger partial charge on any atom is 0.246 e. The lowest BCUT2D eigenvalue weighted by molar-refractivity contribution is 1.12. The average Bonchev–Trinajstić information content (AvgIpc) is 3.07. The van der Waals surface area contributed by atoms with E-state index in [2.05, 4.69) is 30.8 Å². The predicted octanol–water partition coefficient (Wildman–Crippen LogP) is 5.11. The highest BCUT2D eigenvalue weighted by Gasteiger charge is 2.04. The molecule has 0 aliphatic carbocycles. The van der Waals surface area contributed by atoms with Gasteiger partial charge in [-0.1, -0.05) is 47.5 Å². The highest BCUT2D eigenvalue weighted by molar-refractivity contribution is 6.29. The molecule has 134 valence electrons. The Balaban J connectivity index is 1.50. The fourth-order valence-electron chi connectivity index (χ4n) is 2.68. The summed E-state index contributed by atoms with van der Waals surface area (Å²) in [4.78, 5) is 11.8. The van der Waals surface area contributed by atoms with Gasteiger partial charge in [-0.05, 0) is 25.1 Å². The Morgan fingerprint density at radius 2 is 1.89 bits per heavy atom. The molecule has 0 aliphatic rings. The Morgan fingerprint density at radius 1 is 1.07 bits per heavy atom. The average molecular weight is 377 g/mol. The third kappa shape index (κ3) is 4.07. The van der Waals surface area contributed by atoms with E-state index in [1.807, 2.05) is 61.7 Å². The first-order valence-corrected chi connectivity index (χ1v) is 8.79. The van der Waals surface area contributed by atoms with Gasteiger partial charge in [0.15, 0.2) is 0 Å². The number of nitrogens with zero attached hydrogens (tertiary/aromatic N) is 3. The third-order valence-electron chi connectivity index (χ3n) is 4.01. The Morgan fingerprint density at radius 3 is 2.74 bits per heavy atom. The van der Waals surface area contributed by atoms with Crippen LogP contribution >= 0.6 is 11.6 Å². The Hall–Kier alpha value is -3.38. The van der Waals surface area contributed by atoms with Crippen molar-refractivity contribution >= 4 is 46.2 Å². The van der Waals surface area contributed by atoms with Crippen LogP contribution in [0.2, 0.25) is 5.15 Å². The van der Waals surface area contributed by atoms with Gasteiger partial charge in [0.05, 0.1) is 6.21 Å². The number of benzene rings is 2. The molecule has 0 radical (unpaired) electrons. The molecule has 6 nitrogen and oxygen atoms in total. The number of nitrogens with one attached hydrogen (secondary N) is 3. The molecule has 0 unspecified atom stereocenters. The number of anilines is 3. The standard InChI is InChI=1S/C20H17ClN6/c1-13-6-8-15(9-7-13)24-19-10-18(21)25-20(26-19)27-23-12-14-11-22-17-5-3-2-4-16(14)17/h2-12,22H,1H3,(H2,24,25,26,27). The van der Waals surface area contributed by atoms with Crippen LogP contribution in [0.1, 0.15) is 11.1 Å². The Labute approximate surface area is 161 Å². The van der Waals surface area contributed by atoms with Gasteiger partial charge in [0.1, 0.15) is 11.0 Å². The van der Waals surface area contributed by atoms with Crippen LogP contribution < -0.4 is 10.7 Å². The molecule has 0 saturated carbocycles. The summed E-state index contributed by atoms with van der Waals surface area (Å²) in [6.07, 6.45) is 3.62. The first-order valence-electron chi connectivity index (χ1n) is 8.41. The first kappa shape index (κ1) is 17.1. The molecule has 0 fully saturated rings. The van der Waals surface area contributed by atoms with Gasteiger partial charge in [-0.3, -0.25) is 0 Å². The summed E-state index contributed by atoms with van der Waals surface area (Å²) in [5.74, 6) is 0.900. The lowest BCUT2D eigenvalue weighted by Crippen LogP contribution is -2.01. The summed E-state index contributed by atoms with van der Waals surface area (Å²) >= 11 is 6.11. The van der Waals surface area contributed by atoms with Gasteiger partial charge in [-0.25, -0.2) is 5.43 Å². The zero-order valence-electron chi connectivity index (χ0n) is 14.6. The molecular weight excluding hydrogens is 360 g/mol. The molecule has 0 atom stereocenters. The van der Waals surface area contributed by atoms with Crippen LogP contribution in [0.25, 0.3) is 10.9 Å². The van der Waals surface area contributed by atoms with E-state index in [-0.39, 0.29) is 0 Å². The van der Waals surface area contributed by atoms with Gasteiger partial charge in [0, 0.05) is 34.4 Å². The smallest absolute Gasteiger partial charge is 0.246 e. The van der Waals surface area contributed by atoms with Crippen LogP contribution in [0.3, 0.4) is 0 Å². The molecule has 2 aromatic carbocycles. The van der Waals surface area contributed by atoms with Crippen molar-refractivity contribution < 1.29 is 0 Å². The van der Waals surface area contributed by atoms with Gasteiger partial charge < -0.3 is 10.3 Å². The zero-order valence-corrected chi connectivity index (χ0v) is 15.3. The molecule has 0 spiro atoms. The predicted molar refractivity (Wildman–Crippen MR) is 111 cm³/mol. The number of aromatic amines is 1. The minimum atomic E-state index is 0.313. The van der Waals surface area contributed by atoms with Crippen molar-refractivity contribution in [2.75, 3.05) is 10.7 Å². The van der Waals surface area contributed by atoms with E-state index in [4.69, 9.17) is 11.6 Å². The van der Waals surface area contributed by atoms with Gasteiger partial charge in [-0.2, -0.15) is 15.1 Å². The van der Waals surface area contributed by atoms with Crippen molar-refractivity contribution in [1.82, 2.24) is 15.0 Å². The number of halogens is 1. The van der Waals surface area contributed by atoms with E-state index >= 15 is 0 Å². The molecule has 2 aromatic heterocycles. The molecule has 7 heteroatoms. The number of hydrogen-bond donors (Lipinski definition) is 3. The maximum atomic E-state index is 6.11. The fourth-order valence-corrected chi connectivity index (χ4v) is 2.86. The van der Waals surface area contributed by atoms with E-state index in [0.717, 1.165) is 22.2 Å². The second kappa shape index (κ2) is 7.47. The monoisotopic (exact) mass is 376 g/mol. The lowest BCUT2D eigenvalue weighted by Gasteiger charge is -2.07. The van der Waals surface area contributed by atoms with Crippen LogP contribution in [0.5, 0.6) is 0 Å². The molecular formula is C20H17ClN6. The number of hydrazone groups is 1. The largest absolute Gasteiger partial charge is 0.361 e. The molecule has 4 aromatic rings. The Kier molecular flexibility index (Phi) is 4.72. The van der Waals surface area contributed by atoms with Crippen LogP contribution in [0.15, 0.2) is 65.9 Å². The SMILES string of the molecule is Cc1ccc(Nc2cc(Cl)nc(NN=Cc3c[nH]c4ccccc34)n2)cc1. The molecule has 0 amide bonds. The van der Waals surface area contributed by atoms with Crippen molar-refractivity contribution in [3.63, 3.8) is 0 Å². The zero-order chi connectivity index (χ0) is 18.6. The van der Waals surface area contributed by atoms with E-state index in [0.29, 0.717) is 16.9 Å². The summed E-state index contributed by atoms with van der Waals surface area (Å²) in [6.45, 7) is 2.04. The van der Waals surface area contributed by atoms with Gasteiger partial charge in [0.2, 0.25) is 5.95 Å². The molecule has 27 heavy (non-hydrogen) atoms. The van der Waals surface area contributed by atoms with Crippen molar-refractivity contribution in [3.05, 3.63) is 77.1 Å². The van der Waals surface area contributed by atoms with Gasteiger partial charge >= 0.3 is 0 Å². The molecule has 2 heterocycles. The third-order valence-corrected chi connectivity index (χ3v) is 4.20. The number of rotatable bonds is 5. The fraction of sp³-hybridized carbons (Fsp3) is 0.0500. The van der Waals surface area contributed by atoms with Crippen molar-refractivity contribution in [2.24, 2.45) is 5.10 Å². The summed E-state index contributed by atoms with van der Waals surface area (Å²) in [5, 5.41) is 8.85. The van der Waals surface area contributed by atoms with Gasteiger partial charge in [-0.15, -0.1) is 0 Å². The molecule has 0 saturated heterocycles. The highest BCUT2D eigenvalue weighted by Crippen LogP contribution is 2.20. The summed E-state index contributed by atoms with van der Waals surface area (Å²) in [6, 6.07) is 17.7. The minimum absolute atomic E-state index is 0.313. The quantitative estimate of drug-likeness (QED) is 0.257. The van der Waals surface area contributed by atoms with Crippen molar-refractivity contribution in [1.29, 1.82) is 0 Å². The summed E-state index contributed by atoms with van der Waals surface area (Å²) < 4.78 is 0. The summed E-state index contributed by atoms with van der Waals surface area (Å²) in [7, 11) is 0. The topological polar surface area (TPSA) is 78.0 Å². The van der Waals surface area contributed by atoms with Crippen molar-refractivity contribution in [2.45, 2.75) is 6.92 Å². The number of para-hydroxylation sites is 1. The normalized spacial score (nSPS) is 11.2. The van der Waals surface area contributed by atoms with Crippen molar-refractivity contribution in [3.8, 4) is 0 Å². The number of aryl methyl sites for hydroxylation is 1. The molecule has 4 rings (SSSR count). The van der Waals surface area contributed by atoms with E-state index in [1.165, 1.54) is 5.56 Å². The van der Waals surface area contributed by atoms with Gasteiger partial charge in [0.25, 0.3) is 0 Å². The lowest BCUT2D eigenvalue weighted by atomic mass is 10.2. The Bertz CT molecular complexity index is 1100. The van der Waals surface area contributed by atoms with Crippen LogP contribution in [0.4, 0.5) is 17.5 Å². The molecule has 3 N–H and O–H groups in total. The van der Waals surface area contributed by atoms with E-state index in [9.17, 15) is 0 Å². The summed E-state index contributed by atoms with van der Waals surface area (Å²) in [5.41, 5.74) is 6.97. The van der Waals surface area contributed by atoms with Crippen LogP contribution in [0, 0.1) is 6.92 Å². The second-order valence-corrected chi connectivity index (χ2v) is 6.44. The minimum Gasteiger partial charge on any atom is -0.361 e. The number of fused-ring (bicyclic) bond motifs is 1. The highest BCUT2D eigenvalue weighted by atomic mass is 35.5. The number of hydrogen-bond acceptors (Lipinski definition) is 5. The second-order valence-electron chi connectivity index (χ2n) is 6.05. The van der Waals surface area contributed by atoms with Crippen LogP contribution in [-0.2, 0) is 0 Å². The molecule has 0 aliphatic heterocycles. The van der Waals surface area contributed by atoms with E-state index < -0.39 is 0 Å². The maximum absolute atomic E-state index is 6.11. The first-order chi connectivity index (χ1) is 13.2. The van der Waals surface area contributed by atoms with E-state index in [1.54, 1.807) is 12.3 Å². The number of H-pyrrole nitrogens is 1. The van der Waals surface area contributed by atoms with Crippen LogP contribution in [-0.4, -0.2) is 21.2 Å².